The lowest BCUT2D eigenvalue weighted by atomic mass is 10.1. The number of nitrogens with zero attached hydrogens (tertiary/aromatic N) is 1. The quantitative estimate of drug-likeness (QED) is 0.816. The van der Waals surface area contributed by atoms with Crippen LogP contribution >= 0.6 is 0 Å². The summed E-state index contributed by atoms with van der Waals surface area (Å²) in [6.07, 6.45) is 1.22. The highest BCUT2D eigenvalue weighted by Crippen LogP contribution is 2.26. The summed E-state index contributed by atoms with van der Waals surface area (Å²) in [6.45, 7) is 5.58. The summed E-state index contributed by atoms with van der Waals surface area (Å²) in [7, 11) is 0. The molecule has 2 amide bonds. The van der Waals surface area contributed by atoms with Gasteiger partial charge in [0.2, 0.25) is 0 Å². The topological polar surface area (TPSA) is 77.1 Å². The van der Waals surface area contributed by atoms with Gasteiger partial charge in [-0.2, -0.15) is 0 Å². The summed E-state index contributed by atoms with van der Waals surface area (Å²) >= 11 is 0. The van der Waals surface area contributed by atoms with E-state index in [1.54, 1.807) is 17.9 Å². The molecule has 0 aliphatic carbocycles. The summed E-state index contributed by atoms with van der Waals surface area (Å²) in [6, 6.07) is 7.19. The molecule has 138 valence electrons. The summed E-state index contributed by atoms with van der Waals surface area (Å²) < 4.78 is 16.0. The predicted molar refractivity (Wildman–Crippen MR) is 92.9 cm³/mol. The molecule has 25 heavy (non-hydrogen) atoms. The van der Waals surface area contributed by atoms with E-state index in [-0.39, 0.29) is 18.6 Å². The van der Waals surface area contributed by atoms with Gasteiger partial charge in [-0.25, -0.2) is 4.79 Å². The molecule has 0 saturated carbocycles. The molecule has 1 aromatic rings. The molecule has 1 N–H and O–H groups in total. The monoisotopic (exact) mass is 350 g/mol. The van der Waals surface area contributed by atoms with Crippen LogP contribution in [0.5, 0.6) is 11.5 Å². The average molecular weight is 350 g/mol. The minimum atomic E-state index is -0.441. The van der Waals surface area contributed by atoms with Crippen LogP contribution in [-0.2, 0) is 9.53 Å². The van der Waals surface area contributed by atoms with E-state index in [1.165, 1.54) is 0 Å². The zero-order valence-corrected chi connectivity index (χ0v) is 14.8. The standard InChI is InChI=1S/C18H26N2O5/c1-3-23-15-9-5-6-10-16(15)25-13-17(21)20-11-7-8-14(12-20)19-18(22)24-4-2/h5-6,9-10,14H,3-4,7-8,11-13H2,1-2H3,(H,19,22)/t14-/m0/s1. The second-order valence-corrected chi connectivity index (χ2v) is 5.71. The van der Waals surface area contributed by atoms with Crippen LogP contribution in [-0.4, -0.2) is 55.9 Å². The Kier molecular flexibility index (Phi) is 7.37. The Labute approximate surface area is 148 Å². The maximum atomic E-state index is 12.4. The van der Waals surface area contributed by atoms with Crippen molar-refractivity contribution >= 4 is 12.0 Å². The minimum Gasteiger partial charge on any atom is -0.490 e. The fourth-order valence-electron chi connectivity index (χ4n) is 2.74. The number of para-hydroxylation sites is 2. The number of hydrogen-bond acceptors (Lipinski definition) is 5. The highest BCUT2D eigenvalue weighted by atomic mass is 16.5. The summed E-state index contributed by atoms with van der Waals surface area (Å²) in [4.78, 5) is 25.6. The first-order valence-electron chi connectivity index (χ1n) is 8.69. The SMILES string of the molecule is CCOC(=O)N[C@H]1CCCN(C(=O)COc2ccccc2OCC)C1. The number of amides is 2. The molecule has 0 spiro atoms. The molecule has 0 radical (unpaired) electrons. The highest BCUT2D eigenvalue weighted by Gasteiger charge is 2.25. The van der Waals surface area contributed by atoms with Crippen LogP contribution in [0.15, 0.2) is 24.3 Å². The van der Waals surface area contributed by atoms with Gasteiger partial charge in [0.25, 0.3) is 5.91 Å². The lowest BCUT2D eigenvalue weighted by molar-refractivity contribution is -0.134. The number of alkyl carbamates (subject to hydrolysis) is 1. The summed E-state index contributed by atoms with van der Waals surface area (Å²) in [5.74, 6) is 1.07. The van der Waals surface area contributed by atoms with Gasteiger partial charge in [0.15, 0.2) is 18.1 Å². The summed E-state index contributed by atoms with van der Waals surface area (Å²) in [5.41, 5.74) is 0. The van der Waals surface area contributed by atoms with Gasteiger partial charge in [-0.05, 0) is 38.8 Å². The van der Waals surface area contributed by atoms with Gasteiger partial charge in [0.1, 0.15) is 0 Å². The Hall–Kier alpha value is -2.44. The number of rotatable bonds is 7. The van der Waals surface area contributed by atoms with E-state index in [1.807, 2.05) is 25.1 Å². The van der Waals surface area contributed by atoms with Crippen LogP contribution in [0.4, 0.5) is 4.79 Å². The first kappa shape index (κ1) is 18.9. The Bertz CT molecular complexity index is 578. The van der Waals surface area contributed by atoms with Gasteiger partial charge >= 0.3 is 6.09 Å². The third-order valence-electron chi connectivity index (χ3n) is 3.87. The zero-order chi connectivity index (χ0) is 18.1. The maximum Gasteiger partial charge on any atom is 0.407 e. The second kappa shape index (κ2) is 9.76. The Morgan fingerprint density at radius 1 is 1.16 bits per heavy atom. The van der Waals surface area contributed by atoms with Crippen LogP contribution in [0.2, 0.25) is 0 Å². The van der Waals surface area contributed by atoms with E-state index >= 15 is 0 Å². The Morgan fingerprint density at radius 3 is 2.56 bits per heavy atom. The van der Waals surface area contributed by atoms with Gasteiger partial charge < -0.3 is 24.4 Å². The average Bonchev–Trinajstić information content (AvgIpc) is 2.61. The van der Waals surface area contributed by atoms with Crippen molar-refractivity contribution in [3.63, 3.8) is 0 Å². The number of carbonyl (C=O) groups is 2. The van der Waals surface area contributed by atoms with E-state index < -0.39 is 6.09 Å². The van der Waals surface area contributed by atoms with Crippen molar-refractivity contribution in [3.05, 3.63) is 24.3 Å². The number of piperidine rings is 1. The van der Waals surface area contributed by atoms with Crippen molar-refractivity contribution in [2.24, 2.45) is 0 Å². The molecule has 1 heterocycles. The van der Waals surface area contributed by atoms with Crippen molar-refractivity contribution in [3.8, 4) is 11.5 Å². The van der Waals surface area contributed by atoms with E-state index in [0.29, 0.717) is 37.8 Å². The van der Waals surface area contributed by atoms with E-state index in [4.69, 9.17) is 14.2 Å². The van der Waals surface area contributed by atoms with Crippen molar-refractivity contribution in [2.75, 3.05) is 32.9 Å². The first-order valence-corrected chi connectivity index (χ1v) is 8.69. The molecule has 0 bridgehead atoms. The molecule has 1 atom stereocenters. The number of hydrogen-bond donors (Lipinski definition) is 1. The third-order valence-corrected chi connectivity index (χ3v) is 3.87. The molecule has 1 fully saturated rings. The van der Waals surface area contributed by atoms with Crippen molar-refractivity contribution in [2.45, 2.75) is 32.7 Å². The van der Waals surface area contributed by atoms with Crippen molar-refractivity contribution < 1.29 is 23.8 Å². The van der Waals surface area contributed by atoms with Gasteiger partial charge in [-0.3, -0.25) is 4.79 Å². The number of carbonyl (C=O) groups excluding carboxylic acids is 2. The number of benzene rings is 1. The van der Waals surface area contributed by atoms with Crippen LogP contribution in [0.3, 0.4) is 0 Å². The number of nitrogens with one attached hydrogen (secondary N) is 1. The van der Waals surface area contributed by atoms with E-state index in [2.05, 4.69) is 5.32 Å². The Balaban J connectivity index is 1.85. The molecule has 1 saturated heterocycles. The fraction of sp³-hybridized carbons (Fsp3) is 0.556. The maximum absolute atomic E-state index is 12.4. The van der Waals surface area contributed by atoms with Crippen molar-refractivity contribution in [1.82, 2.24) is 10.2 Å². The number of ether oxygens (including phenoxy) is 3. The molecule has 0 unspecified atom stereocenters. The predicted octanol–water partition coefficient (Wildman–Crippen LogP) is 2.20. The smallest absolute Gasteiger partial charge is 0.407 e. The molecular weight excluding hydrogens is 324 g/mol. The molecular formula is C18H26N2O5. The highest BCUT2D eigenvalue weighted by molar-refractivity contribution is 5.78. The lowest BCUT2D eigenvalue weighted by Gasteiger charge is -2.32. The van der Waals surface area contributed by atoms with E-state index in [0.717, 1.165) is 12.8 Å². The number of likely N-dealkylation sites (tertiary alicyclic amines) is 1. The molecule has 2 rings (SSSR count). The molecule has 1 aliphatic rings. The van der Waals surface area contributed by atoms with Crippen molar-refractivity contribution in [1.29, 1.82) is 0 Å². The van der Waals surface area contributed by atoms with Gasteiger partial charge in [-0.1, -0.05) is 12.1 Å². The van der Waals surface area contributed by atoms with Gasteiger partial charge in [-0.15, -0.1) is 0 Å². The van der Waals surface area contributed by atoms with Gasteiger partial charge in [0, 0.05) is 19.1 Å². The minimum absolute atomic E-state index is 0.0593. The van der Waals surface area contributed by atoms with Crippen LogP contribution in [0, 0.1) is 0 Å². The largest absolute Gasteiger partial charge is 0.490 e. The van der Waals surface area contributed by atoms with Crippen LogP contribution in [0.1, 0.15) is 26.7 Å². The first-order chi connectivity index (χ1) is 12.1. The van der Waals surface area contributed by atoms with Crippen LogP contribution in [0.25, 0.3) is 0 Å². The van der Waals surface area contributed by atoms with Crippen LogP contribution < -0.4 is 14.8 Å². The Morgan fingerprint density at radius 2 is 1.88 bits per heavy atom. The molecule has 0 aromatic heterocycles. The summed E-state index contributed by atoms with van der Waals surface area (Å²) in [5, 5.41) is 2.79. The molecule has 7 nitrogen and oxygen atoms in total. The molecule has 7 heteroatoms. The molecule has 1 aromatic carbocycles. The van der Waals surface area contributed by atoms with Gasteiger partial charge in [0.05, 0.1) is 13.2 Å². The second-order valence-electron chi connectivity index (χ2n) is 5.71. The van der Waals surface area contributed by atoms with E-state index in [9.17, 15) is 9.59 Å². The third kappa shape index (κ3) is 5.85. The zero-order valence-electron chi connectivity index (χ0n) is 14.8. The fourth-order valence-corrected chi connectivity index (χ4v) is 2.74. The normalized spacial score (nSPS) is 16.9. The lowest BCUT2D eigenvalue weighted by Crippen LogP contribution is -2.50. The molecule has 1 aliphatic heterocycles.